The van der Waals surface area contributed by atoms with Crippen LogP contribution in [-0.2, 0) is 4.79 Å². The van der Waals surface area contributed by atoms with Crippen LogP contribution in [0.25, 0.3) is 0 Å². The summed E-state index contributed by atoms with van der Waals surface area (Å²) >= 11 is 0. The van der Waals surface area contributed by atoms with Crippen molar-refractivity contribution >= 4 is 5.78 Å². The first-order valence-corrected chi connectivity index (χ1v) is 5.46. The Hall–Kier alpha value is -2.47. The summed E-state index contributed by atoms with van der Waals surface area (Å²) in [4.78, 5) is 11.3. The molecule has 0 radical (unpaired) electrons. The lowest BCUT2D eigenvalue weighted by molar-refractivity contribution is -0.117. The maximum Gasteiger partial charge on any atom is 0.205 e. The zero-order valence-electron chi connectivity index (χ0n) is 9.74. The number of carbonyl (C=O) groups excluding carboxylic acids is 1. The van der Waals surface area contributed by atoms with Gasteiger partial charge in [0.1, 0.15) is 6.10 Å². The zero-order chi connectivity index (χ0) is 14.2. The van der Waals surface area contributed by atoms with E-state index in [1.54, 1.807) is 0 Å². The SMILES string of the molecule is O=C1CC(C=C2C=CC(O)C(O)=C2O)=CC(O)=C1O. The molecule has 0 spiro atoms. The maximum atomic E-state index is 11.3. The molecule has 2 aliphatic carbocycles. The summed E-state index contributed by atoms with van der Waals surface area (Å²) in [5.41, 5.74) is 0.548. The van der Waals surface area contributed by atoms with Gasteiger partial charge in [0.25, 0.3) is 0 Å². The summed E-state index contributed by atoms with van der Waals surface area (Å²) in [6, 6.07) is 0. The van der Waals surface area contributed by atoms with Crippen LogP contribution in [0.15, 0.2) is 58.5 Å². The number of carbonyl (C=O) groups is 1. The van der Waals surface area contributed by atoms with E-state index >= 15 is 0 Å². The molecule has 100 valence electrons. The van der Waals surface area contributed by atoms with Crippen LogP contribution in [0.4, 0.5) is 0 Å². The average molecular weight is 264 g/mol. The van der Waals surface area contributed by atoms with E-state index in [9.17, 15) is 25.2 Å². The van der Waals surface area contributed by atoms with Gasteiger partial charge in [-0.3, -0.25) is 4.79 Å². The van der Waals surface area contributed by atoms with Crippen molar-refractivity contribution in [1.82, 2.24) is 0 Å². The van der Waals surface area contributed by atoms with Crippen LogP contribution in [-0.4, -0.2) is 37.4 Å². The van der Waals surface area contributed by atoms with Gasteiger partial charge in [0, 0.05) is 12.0 Å². The predicted molar refractivity (Wildman–Crippen MR) is 65.5 cm³/mol. The standard InChI is InChI=1S/C13H12O6/c14-8-2-1-7(11(17)13(8)19)3-6-4-9(15)12(18)10(16)5-6/h1-4,8,14-15,17-19H,5H2. The molecule has 0 aromatic heterocycles. The monoisotopic (exact) mass is 264 g/mol. The van der Waals surface area contributed by atoms with Gasteiger partial charge in [0.2, 0.25) is 11.5 Å². The Kier molecular flexibility index (Phi) is 3.18. The Balaban J connectivity index is 2.37. The average Bonchev–Trinajstić information content (AvgIpc) is 2.36. The van der Waals surface area contributed by atoms with E-state index in [2.05, 4.69) is 0 Å². The molecule has 1 unspecified atom stereocenters. The lowest BCUT2D eigenvalue weighted by Gasteiger charge is -2.15. The minimum atomic E-state index is -1.27. The largest absolute Gasteiger partial charge is 0.506 e. The van der Waals surface area contributed by atoms with Gasteiger partial charge in [0.15, 0.2) is 17.3 Å². The summed E-state index contributed by atoms with van der Waals surface area (Å²) in [7, 11) is 0. The molecule has 0 aromatic carbocycles. The first-order chi connectivity index (χ1) is 8.90. The summed E-state index contributed by atoms with van der Waals surface area (Å²) in [5, 5.41) is 46.8. The van der Waals surface area contributed by atoms with Gasteiger partial charge >= 0.3 is 0 Å². The fraction of sp³-hybridized carbons (Fsp3) is 0.154. The summed E-state index contributed by atoms with van der Waals surface area (Å²) < 4.78 is 0. The van der Waals surface area contributed by atoms with E-state index in [-0.39, 0.29) is 12.0 Å². The van der Waals surface area contributed by atoms with Crippen LogP contribution >= 0.6 is 0 Å². The van der Waals surface area contributed by atoms with Crippen molar-refractivity contribution in [3.05, 3.63) is 58.5 Å². The molecule has 6 heteroatoms. The lowest BCUT2D eigenvalue weighted by atomic mass is 9.96. The molecule has 2 rings (SSSR count). The minimum Gasteiger partial charge on any atom is -0.506 e. The van der Waals surface area contributed by atoms with Crippen molar-refractivity contribution in [3.63, 3.8) is 0 Å². The third kappa shape index (κ3) is 2.38. The molecular formula is C13H12O6. The van der Waals surface area contributed by atoms with Gasteiger partial charge in [-0.25, -0.2) is 0 Å². The highest BCUT2D eigenvalue weighted by Gasteiger charge is 2.22. The Morgan fingerprint density at radius 2 is 1.84 bits per heavy atom. The van der Waals surface area contributed by atoms with Gasteiger partial charge in [-0.15, -0.1) is 0 Å². The van der Waals surface area contributed by atoms with Crippen LogP contribution in [0.1, 0.15) is 6.42 Å². The van der Waals surface area contributed by atoms with E-state index in [1.165, 1.54) is 24.3 Å². The topological polar surface area (TPSA) is 118 Å². The summed E-state index contributed by atoms with van der Waals surface area (Å²) in [5.74, 6) is -2.96. The Labute approximate surface area is 108 Å². The van der Waals surface area contributed by atoms with E-state index in [1.807, 2.05) is 0 Å². The van der Waals surface area contributed by atoms with Crippen molar-refractivity contribution in [2.24, 2.45) is 0 Å². The van der Waals surface area contributed by atoms with Gasteiger partial charge in [-0.2, -0.15) is 0 Å². The first kappa shape index (κ1) is 13.0. The molecule has 0 saturated heterocycles. The Bertz CT molecular complexity index is 588. The smallest absolute Gasteiger partial charge is 0.205 e. The molecule has 0 aromatic rings. The van der Waals surface area contributed by atoms with E-state index in [0.29, 0.717) is 5.57 Å². The van der Waals surface area contributed by atoms with Crippen LogP contribution in [0, 0.1) is 0 Å². The molecule has 0 amide bonds. The second kappa shape index (κ2) is 4.66. The second-order valence-corrected chi connectivity index (χ2v) is 4.19. The third-order valence-corrected chi connectivity index (χ3v) is 2.79. The van der Waals surface area contributed by atoms with Crippen molar-refractivity contribution in [2.45, 2.75) is 12.5 Å². The van der Waals surface area contributed by atoms with Crippen molar-refractivity contribution in [2.75, 3.05) is 0 Å². The van der Waals surface area contributed by atoms with E-state index in [0.717, 1.165) is 0 Å². The highest BCUT2D eigenvalue weighted by atomic mass is 16.3. The number of allylic oxidation sites excluding steroid dienone is 5. The van der Waals surface area contributed by atoms with E-state index < -0.39 is 34.9 Å². The predicted octanol–water partition coefficient (Wildman–Crippen LogP) is 1.40. The number of hydrogen-bond acceptors (Lipinski definition) is 6. The molecule has 5 N–H and O–H groups in total. The number of rotatable bonds is 1. The molecule has 0 saturated carbocycles. The molecule has 6 nitrogen and oxygen atoms in total. The van der Waals surface area contributed by atoms with E-state index in [4.69, 9.17) is 5.11 Å². The van der Waals surface area contributed by atoms with Crippen LogP contribution in [0.5, 0.6) is 0 Å². The third-order valence-electron chi connectivity index (χ3n) is 2.79. The molecule has 0 bridgehead atoms. The number of ketones is 1. The van der Waals surface area contributed by atoms with Gasteiger partial charge in [-0.05, 0) is 23.8 Å². The zero-order valence-corrected chi connectivity index (χ0v) is 9.74. The number of Topliss-reactive ketones (excluding diaryl/α,β-unsaturated/α-hetero) is 1. The summed E-state index contributed by atoms with van der Waals surface area (Å²) in [6.07, 6.45) is 3.79. The molecule has 0 heterocycles. The van der Waals surface area contributed by atoms with Crippen molar-refractivity contribution in [1.29, 1.82) is 0 Å². The summed E-state index contributed by atoms with van der Waals surface area (Å²) in [6.45, 7) is 0. The van der Waals surface area contributed by atoms with Gasteiger partial charge in [0.05, 0.1) is 0 Å². The quantitative estimate of drug-likeness (QED) is 0.488. The van der Waals surface area contributed by atoms with Gasteiger partial charge in [-0.1, -0.05) is 6.08 Å². The van der Waals surface area contributed by atoms with Crippen molar-refractivity contribution in [3.8, 4) is 0 Å². The number of aliphatic hydroxyl groups is 5. The fourth-order valence-electron chi connectivity index (χ4n) is 1.77. The highest BCUT2D eigenvalue weighted by molar-refractivity contribution is 5.97. The second-order valence-electron chi connectivity index (χ2n) is 4.19. The number of aliphatic hydroxyl groups excluding tert-OH is 5. The normalized spacial score (nSPS) is 26.2. The minimum absolute atomic E-state index is 0.135. The molecule has 2 aliphatic rings. The van der Waals surface area contributed by atoms with Gasteiger partial charge < -0.3 is 25.5 Å². The highest BCUT2D eigenvalue weighted by Crippen LogP contribution is 2.25. The van der Waals surface area contributed by atoms with Crippen LogP contribution in [0.2, 0.25) is 0 Å². The molecular weight excluding hydrogens is 252 g/mol. The molecule has 0 fully saturated rings. The first-order valence-electron chi connectivity index (χ1n) is 5.46. The number of hydrogen-bond donors (Lipinski definition) is 5. The molecule has 1 atom stereocenters. The molecule has 0 aliphatic heterocycles. The maximum absolute atomic E-state index is 11.3. The Morgan fingerprint density at radius 3 is 2.47 bits per heavy atom. The van der Waals surface area contributed by atoms with Crippen LogP contribution < -0.4 is 0 Å². The lowest BCUT2D eigenvalue weighted by Crippen LogP contribution is -2.14. The fourth-order valence-corrected chi connectivity index (χ4v) is 1.77. The Morgan fingerprint density at radius 1 is 1.16 bits per heavy atom. The van der Waals surface area contributed by atoms with Crippen LogP contribution in [0.3, 0.4) is 0 Å². The molecule has 19 heavy (non-hydrogen) atoms. The van der Waals surface area contributed by atoms with Crippen molar-refractivity contribution < 1.29 is 30.3 Å².